The van der Waals surface area contributed by atoms with E-state index >= 15 is 0 Å². The lowest BCUT2D eigenvalue weighted by atomic mass is 9.80. The molecule has 2 saturated heterocycles. The minimum absolute atomic E-state index is 0.0912. The number of carboxylic acid groups (broad SMARTS) is 2. The lowest BCUT2D eigenvalue weighted by molar-refractivity contribution is -0.145. The number of carboxylic acids is 2. The van der Waals surface area contributed by atoms with Crippen LogP contribution in [0.3, 0.4) is 0 Å². The van der Waals surface area contributed by atoms with Gasteiger partial charge in [-0.05, 0) is 66.6 Å². The SMILES string of the molecule is O=C(O)CC(C(=O)O)c1ccccc1.OC1CCCNC1C(c1ccccc1)c1ccccc1.OC1CCCNC1C(c1ccccc1)c1ccccc1. The van der Waals surface area contributed by atoms with Crippen molar-refractivity contribution in [3.8, 4) is 0 Å². The predicted molar refractivity (Wildman–Crippen MR) is 213 cm³/mol. The van der Waals surface area contributed by atoms with Gasteiger partial charge < -0.3 is 31.1 Å². The summed E-state index contributed by atoms with van der Waals surface area (Å²) in [6.45, 7) is 1.97. The summed E-state index contributed by atoms with van der Waals surface area (Å²) in [7, 11) is 0. The molecule has 0 spiro atoms. The highest BCUT2D eigenvalue weighted by atomic mass is 16.4. The van der Waals surface area contributed by atoms with E-state index in [2.05, 4.69) is 108 Å². The summed E-state index contributed by atoms with van der Waals surface area (Å²) in [6.07, 6.45) is 2.91. The van der Waals surface area contributed by atoms with Crippen molar-refractivity contribution in [1.82, 2.24) is 10.6 Å². The summed E-state index contributed by atoms with van der Waals surface area (Å²) in [5.41, 5.74) is 5.56. The van der Waals surface area contributed by atoms with Crippen molar-refractivity contribution >= 4 is 11.9 Å². The van der Waals surface area contributed by atoms with Crippen molar-refractivity contribution < 1.29 is 30.0 Å². The number of piperidine rings is 2. The van der Waals surface area contributed by atoms with Gasteiger partial charge in [-0.25, -0.2) is 0 Å². The molecule has 8 heteroatoms. The van der Waals surface area contributed by atoms with Crippen LogP contribution in [0.1, 0.15) is 77.7 Å². The van der Waals surface area contributed by atoms with Gasteiger partial charge in [0.15, 0.2) is 0 Å². The number of rotatable bonds is 10. The third-order valence-corrected chi connectivity index (χ3v) is 10.2. The van der Waals surface area contributed by atoms with Crippen LogP contribution >= 0.6 is 0 Å². The van der Waals surface area contributed by atoms with Crippen LogP contribution in [0, 0.1) is 0 Å². The Kier molecular flexibility index (Phi) is 15.5. The highest BCUT2D eigenvalue weighted by Crippen LogP contribution is 2.33. The van der Waals surface area contributed by atoms with Crippen LogP contribution in [-0.2, 0) is 9.59 Å². The molecular weight excluding hydrogens is 677 g/mol. The maximum Gasteiger partial charge on any atom is 0.311 e. The first kappa shape index (κ1) is 40.1. The standard InChI is InChI=1S/2C18H21NO.C10H10O4/c2*20-16-12-7-13-19-18(16)17(14-8-3-1-4-9-14)15-10-5-2-6-11-15;11-9(12)6-8(10(13)14)7-4-2-1-3-5-7/h2*1-6,8-11,16-20H,7,12-13H2;1-5,8H,6H2,(H,11,12)(H,13,14). The quantitative estimate of drug-likeness (QED) is 0.0889. The summed E-state index contributed by atoms with van der Waals surface area (Å²) in [5.74, 6) is -2.78. The first-order chi connectivity index (χ1) is 26.3. The molecule has 0 bridgehead atoms. The number of aliphatic hydroxyl groups excluding tert-OH is 2. The van der Waals surface area contributed by atoms with E-state index in [1.54, 1.807) is 30.3 Å². The summed E-state index contributed by atoms with van der Waals surface area (Å²) in [4.78, 5) is 21.2. The zero-order valence-electron chi connectivity index (χ0n) is 30.5. The van der Waals surface area contributed by atoms with E-state index in [4.69, 9.17) is 10.2 Å². The second-order valence-corrected chi connectivity index (χ2v) is 13.9. The van der Waals surface area contributed by atoms with Crippen LogP contribution in [0.15, 0.2) is 152 Å². The van der Waals surface area contributed by atoms with Crippen molar-refractivity contribution in [1.29, 1.82) is 0 Å². The molecule has 2 fully saturated rings. The van der Waals surface area contributed by atoms with Crippen LogP contribution in [-0.4, -0.2) is 69.7 Å². The van der Waals surface area contributed by atoms with Gasteiger partial charge in [-0.1, -0.05) is 152 Å². The van der Waals surface area contributed by atoms with Gasteiger partial charge in [-0.3, -0.25) is 9.59 Å². The maximum absolute atomic E-state index is 10.8. The normalized spacial score (nSPS) is 20.1. The van der Waals surface area contributed by atoms with Crippen molar-refractivity contribution in [2.45, 2.75) is 74.1 Å². The zero-order chi connectivity index (χ0) is 38.1. The number of hydrogen-bond acceptors (Lipinski definition) is 6. The number of aliphatic hydroxyl groups is 2. The van der Waals surface area contributed by atoms with Crippen LogP contribution in [0.2, 0.25) is 0 Å². The Morgan fingerprint density at radius 3 is 1.06 bits per heavy atom. The second kappa shape index (κ2) is 20.9. The van der Waals surface area contributed by atoms with E-state index in [1.165, 1.54) is 22.3 Å². The minimum Gasteiger partial charge on any atom is -0.481 e. The van der Waals surface area contributed by atoms with Gasteiger partial charge in [0, 0.05) is 23.9 Å². The molecule has 0 aromatic heterocycles. The molecule has 2 heterocycles. The third kappa shape index (κ3) is 11.4. The summed E-state index contributed by atoms with van der Waals surface area (Å²) in [5, 5.41) is 45.2. The molecule has 54 heavy (non-hydrogen) atoms. The Bertz CT molecular complexity index is 1630. The largest absolute Gasteiger partial charge is 0.481 e. The van der Waals surface area contributed by atoms with Gasteiger partial charge in [-0.15, -0.1) is 0 Å². The second-order valence-electron chi connectivity index (χ2n) is 13.9. The topological polar surface area (TPSA) is 139 Å². The molecular formula is C46H52N2O6. The molecule has 0 amide bonds. The molecule has 0 aliphatic carbocycles. The molecule has 282 valence electrons. The van der Waals surface area contributed by atoms with Crippen molar-refractivity contribution in [3.05, 3.63) is 179 Å². The molecule has 2 aliphatic rings. The zero-order valence-corrected chi connectivity index (χ0v) is 30.5. The molecule has 7 rings (SSSR count). The van der Waals surface area contributed by atoms with Crippen LogP contribution in [0.25, 0.3) is 0 Å². The van der Waals surface area contributed by atoms with Gasteiger partial charge >= 0.3 is 11.9 Å². The molecule has 5 unspecified atom stereocenters. The first-order valence-corrected chi connectivity index (χ1v) is 18.9. The number of hydrogen-bond donors (Lipinski definition) is 6. The third-order valence-electron chi connectivity index (χ3n) is 10.2. The Labute approximate surface area is 318 Å². The van der Waals surface area contributed by atoms with Crippen molar-refractivity contribution in [3.63, 3.8) is 0 Å². The van der Waals surface area contributed by atoms with Crippen molar-refractivity contribution in [2.75, 3.05) is 13.1 Å². The fraction of sp³-hybridized carbons (Fsp3) is 0.304. The highest BCUT2D eigenvalue weighted by Gasteiger charge is 2.33. The fourth-order valence-corrected chi connectivity index (χ4v) is 7.53. The molecule has 0 saturated carbocycles. The molecule has 2 aliphatic heterocycles. The van der Waals surface area contributed by atoms with Gasteiger partial charge in [0.2, 0.25) is 0 Å². The molecule has 8 nitrogen and oxygen atoms in total. The number of aliphatic carboxylic acids is 2. The predicted octanol–water partition coefficient (Wildman–Crippen LogP) is 7.19. The molecule has 5 atom stereocenters. The molecule has 0 radical (unpaired) electrons. The van der Waals surface area contributed by atoms with E-state index in [-0.39, 0.29) is 42.5 Å². The Morgan fingerprint density at radius 1 is 0.500 bits per heavy atom. The van der Waals surface area contributed by atoms with Gasteiger partial charge in [0.1, 0.15) is 0 Å². The van der Waals surface area contributed by atoms with E-state index in [1.807, 2.05) is 24.3 Å². The maximum atomic E-state index is 10.8. The van der Waals surface area contributed by atoms with Crippen LogP contribution in [0.5, 0.6) is 0 Å². The van der Waals surface area contributed by atoms with Crippen molar-refractivity contribution in [2.24, 2.45) is 0 Å². The van der Waals surface area contributed by atoms with Gasteiger partial charge in [0.25, 0.3) is 0 Å². The minimum atomic E-state index is -1.11. The Hall–Kier alpha value is -5.12. The average molecular weight is 729 g/mol. The highest BCUT2D eigenvalue weighted by molar-refractivity contribution is 5.82. The monoisotopic (exact) mass is 728 g/mol. The van der Waals surface area contributed by atoms with E-state index in [9.17, 15) is 19.8 Å². The summed E-state index contributed by atoms with van der Waals surface area (Å²) >= 11 is 0. The Balaban J connectivity index is 0.000000159. The van der Waals surface area contributed by atoms with Crippen LogP contribution in [0.4, 0.5) is 0 Å². The number of carbonyl (C=O) groups is 2. The molecule has 5 aromatic carbocycles. The molecule has 6 N–H and O–H groups in total. The van der Waals surface area contributed by atoms with E-state index in [0.717, 1.165) is 38.8 Å². The summed E-state index contributed by atoms with van der Waals surface area (Å²) in [6, 6.07) is 50.5. The van der Waals surface area contributed by atoms with Crippen LogP contribution < -0.4 is 10.6 Å². The lowest BCUT2D eigenvalue weighted by Crippen LogP contribution is -2.48. The average Bonchev–Trinajstić information content (AvgIpc) is 3.21. The van der Waals surface area contributed by atoms with E-state index in [0.29, 0.717) is 5.56 Å². The number of nitrogens with one attached hydrogen (secondary N) is 2. The first-order valence-electron chi connectivity index (χ1n) is 18.9. The van der Waals surface area contributed by atoms with Gasteiger partial charge in [-0.2, -0.15) is 0 Å². The van der Waals surface area contributed by atoms with Gasteiger partial charge in [0.05, 0.1) is 24.5 Å². The molecule has 5 aromatic rings. The lowest BCUT2D eigenvalue weighted by Gasteiger charge is -2.36. The smallest absolute Gasteiger partial charge is 0.311 e. The summed E-state index contributed by atoms with van der Waals surface area (Å²) < 4.78 is 0. The fourth-order valence-electron chi connectivity index (χ4n) is 7.53. The van der Waals surface area contributed by atoms with E-state index < -0.39 is 17.9 Å². The Morgan fingerprint density at radius 2 is 0.796 bits per heavy atom. The number of benzene rings is 5.